The van der Waals surface area contributed by atoms with E-state index in [9.17, 15) is 4.79 Å². The van der Waals surface area contributed by atoms with Gasteiger partial charge in [-0.15, -0.1) is 0 Å². The fraction of sp³-hybridized carbons (Fsp3) is 0.529. The Bertz CT molecular complexity index is 770. The summed E-state index contributed by atoms with van der Waals surface area (Å²) in [6.07, 6.45) is 6.57. The highest BCUT2D eigenvalue weighted by Gasteiger charge is 2.34. The molecular formula is C17H22N6O. The first-order valence-corrected chi connectivity index (χ1v) is 8.45. The van der Waals surface area contributed by atoms with Gasteiger partial charge in [-0.2, -0.15) is 5.10 Å². The smallest absolute Gasteiger partial charge is 0.274 e. The highest BCUT2D eigenvalue weighted by molar-refractivity contribution is 5.92. The van der Waals surface area contributed by atoms with Gasteiger partial charge in [-0.25, -0.2) is 9.97 Å². The van der Waals surface area contributed by atoms with Gasteiger partial charge in [0.25, 0.3) is 5.91 Å². The number of amides is 1. The lowest BCUT2D eigenvalue weighted by molar-refractivity contribution is 0.0722. The van der Waals surface area contributed by atoms with Crippen LogP contribution in [0, 0.1) is 0 Å². The lowest BCUT2D eigenvalue weighted by atomic mass is 10.1. The summed E-state index contributed by atoms with van der Waals surface area (Å²) in [4.78, 5) is 26.3. The third-order valence-electron chi connectivity index (χ3n) is 4.89. The number of likely N-dealkylation sites (N-methyl/N-ethyl adjacent to an activating group) is 1. The quantitative estimate of drug-likeness (QED) is 0.829. The molecule has 0 N–H and O–H groups in total. The van der Waals surface area contributed by atoms with Crippen LogP contribution in [-0.4, -0.2) is 55.6 Å². The third kappa shape index (κ3) is 2.69. The minimum Gasteiger partial charge on any atom is -0.327 e. The zero-order valence-corrected chi connectivity index (χ0v) is 14.1. The minimum absolute atomic E-state index is 0.0286. The summed E-state index contributed by atoms with van der Waals surface area (Å²) in [6.45, 7) is 2.66. The molecule has 24 heavy (non-hydrogen) atoms. The Kier molecular flexibility index (Phi) is 3.80. The van der Waals surface area contributed by atoms with Crippen molar-refractivity contribution in [1.29, 1.82) is 0 Å². The second-order valence-electron chi connectivity index (χ2n) is 6.72. The van der Waals surface area contributed by atoms with E-state index in [4.69, 9.17) is 4.98 Å². The van der Waals surface area contributed by atoms with Crippen molar-refractivity contribution >= 4 is 5.91 Å². The molecule has 2 aliphatic heterocycles. The van der Waals surface area contributed by atoms with E-state index in [1.165, 1.54) is 5.56 Å². The summed E-state index contributed by atoms with van der Waals surface area (Å²) >= 11 is 0. The second kappa shape index (κ2) is 5.98. The molecule has 1 fully saturated rings. The standard InChI is InChI=1S/C17H22N6O/c1-21-8-5-13-12(11-21)10-18-16(19-13)15-4-3-7-23(15)17(24)14-6-9-22(2)20-14/h6,9-10,15H,3-5,7-8,11H2,1-2H3. The molecule has 0 aliphatic carbocycles. The molecule has 1 saturated heterocycles. The molecule has 0 aromatic carbocycles. The molecule has 0 spiro atoms. The first-order chi connectivity index (χ1) is 11.6. The summed E-state index contributed by atoms with van der Waals surface area (Å²) in [5.41, 5.74) is 2.83. The summed E-state index contributed by atoms with van der Waals surface area (Å²) in [5.74, 6) is 0.749. The van der Waals surface area contributed by atoms with Gasteiger partial charge in [0.15, 0.2) is 5.82 Å². The Hall–Kier alpha value is -2.28. The van der Waals surface area contributed by atoms with Gasteiger partial charge in [0.05, 0.1) is 6.04 Å². The number of hydrogen-bond donors (Lipinski definition) is 0. The molecular weight excluding hydrogens is 304 g/mol. The van der Waals surface area contributed by atoms with E-state index in [2.05, 4.69) is 22.0 Å². The zero-order valence-electron chi connectivity index (χ0n) is 14.1. The van der Waals surface area contributed by atoms with Gasteiger partial charge in [-0.1, -0.05) is 0 Å². The molecule has 126 valence electrons. The number of carbonyl (C=O) groups is 1. The lowest BCUT2D eigenvalue weighted by Crippen LogP contribution is -2.33. The third-order valence-corrected chi connectivity index (χ3v) is 4.89. The van der Waals surface area contributed by atoms with Gasteiger partial charge in [-0.3, -0.25) is 9.48 Å². The minimum atomic E-state index is -0.0375. The van der Waals surface area contributed by atoms with Crippen molar-refractivity contribution in [2.45, 2.75) is 31.8 Å². The van der Waals surface area contributed by atoms with Crippen LogP contribution < -0.4 is 0 Å². The van der Waals surface area contributed by atoms with E-state index in [1.807, 2.05) is 18.1 Å². The van der Waals surface area contributed by atoms with E-state index in [0.29, 0.717) is 5.69 Å². The molecule has 4 heterocycles. The largest absolute Gasteiger partial charge is 0.327 e. The van der Waals surface area contributed by atoms with Crippen LogP contribution in [0.5, 0.6) is 0 Å². The number of rotatable bonds is 2. The predicted octanol–water partition coefficient (Wildman–Crippen LogP) is 1.18. The van der Waals surface area contributed by atoms with Gasteiger partial charge in [0.2, 0.25) is 0 Å². The molecule has 1 unspecified atom stereocenters. The second-order valence-corrected chi connectivity index (χ2v) is 6.72. The maximum atomic E-state index is 12.8. The van der Waals surface area contributed by atoms with E-state index in [1.54, 1.807) is 16.9 Å². The Morgan fingerprint density at radius 3 is 2.96 bits per heavy atom. The van der Waals surface area contributed by atoms with Crippen molar-refractivity contribution in [1.82, 2.24) is 29.5 Å². The topological polar surface area (TPSA) is 67.2 Å². The van der Waals surface area contributed by atoms with E-state index in [-0.39, 0.29) is 11.9 Å². The number of fused-ring (bicyclic) bond motifs is 1. The fourth-order valence-electron chi connectivity index (χ4n) is 3.59. The highest BCUT2D eigenvalue weighted by atomic mass is 16.2. The summed E-state index contributed by atoms with van der Waals surface area (Å²) in [5, 5.41) is 4.24. The van der Waals surface area contributed by atoms with Crippen molar-refractivity contribution < 1.29 is 4.79 Å². The molecule has 2 aliphatic rings. The molecule has 2 aromatic rings. The summed E-state index contributed by atoms with van der Waals surface area (Å²) in [6, 6.07) is 1.73. The number of carbonyl (C=O) groups excluding carboxylic acids is 1. The molecule has 7 heteroatoms. The average Bonchev–Trinajstić information content (AvgIpc) is 3.22. The monoisotopic (exact) mass is 326 g/mol. The van der Waals surface area contributed by atoms with Crippen LogP contribution in [0.2, 0.25) is 0 Å². The van der Waals surface area contributed by atoms with Gasteiger partial charge in [0.1, 0.15) is 5.69 Å². The van der Waals surface area contributed by atoms with Gasteiger partial charge >= 0.3 is 0 Å². The number of aromatic nitrogens is 4. The first kappa shape index (κ1) is 15.3. The maximum Gasteiger partial charge on any atom is 0.274 e. The van der Waals surface area contributed by atoms with E-state index < -0.39 is 0 Å². The van der Waals surface area contributed by atoms with Gasteiger partial charge < -0.3 is 9.80 Å². The maximum absolute atomic E-state index is 12.8. The van der Waals surface area contributed by atoms with Crippen LogP contribution in [-0.2, 0) is 20.0 Å². The number of hydrogen-bond acceptors (Lipinski definition) is 5. The molecule has 0 bridgehead atoms. The van der Waals surface area contributed by atoms with Crippen molar-refractivity contribution in [3.8, 4) is 0 Å². The van der Waals surface area contributed by atoms with Crippen molar-refractivity contribution in [3.63, 3.8) is 0 Å². The van der Waals surface area contributed by atoms with Crippen molar-refractivity contribution in [3.05, 3.63) is 41.2 Å². The SMILES string of the molecule is CN1CCc2nc(C3CCCN3C(=O)c3ccn(C)n3)ncc2C1. The molecule has 0 saturated carbocycles. The molecule has 0 radical (unpaired) electrons. The van der Waals surface area contributed by atoms with Crippen LogP contribution >= 0.6 is 0 Å². The van der Waals surface area contributed by atoms with Crippen LogP contribution in [0.4, 0.5) is 0 Å². The van der Waals surface area contributed by atoms with Crippen molar-refractivity contribution in [2.24, 2.45) is 7.05 Å². The van der Waals surface area contributed by atoms with Crippen LogP contribution in [0.25, 0.3) is 0 Å². The number of likely N-dealkylation sites (tertiary alicyclic amines) is 1. The Morgan fingerprint density at radius 1 is 1.29 bits per heavy atom. The molecule has 7 nitrogen and oxygen atoms in total. The van der Waals surface area contributed by atoms with Gasteiger partial charge in [0, 0.05) is 56.8 Å². The highest BCUT2D eigenvalue weighted by Crippen LogP contribution is 2.31. The first-order valence-electron chi connectivity index (χ1n) is 8.45. The summed E-state index contributed by atoms with van der Waals surface area (Å²) < 4.78 is 1.66. The van der Waals surface area contributed by atoms with E-state index in [0.717, 1.165) is 50.4 Å². The normalized spacial score (nSPS) is 21.1. The van der Waals surface area contributed by atoms with Crippen LogP contribution in [0.1, 0.15) is 46.5 Å². The average molecular weight is 326 g/mol. The lowest BCUT2D eigenvalue weighted by Gasteiger charge is -2.26. The predicted molar refractivity (Wildman–Crippen MR) is 88.3 cm³/mol. The molecule has 4 rings (SSSR count). The molecule has 1 amide bonds. The Labute approximate surface area is 141 Å². The molecule has 1 atom stereocenters. The summed E-state index contributed by atoms with van der Waals surface area (Å²) in [7, 11) is 3.93. The molecule has 2 aromatic heterocycles. The van der Waals surface area contributed by atoms with Crippen molar-refractivity contribution in [2.75, 3.05) is 20.1 Å². The fourth-order valence-corrected chi connectivity index (χ4v) is 3.59. The Balaban J connectivity index is 1.60. The van der Waals surface area contributed by atoms with Gasteiger partial charge in [-0.05, 0) is 26.0 Å². The zero-order chi connectivity index (χ0) is 16.7. The number of aryl methyl sites for hydroxylation is 1. The Morgan fingerprint density at radius 2 is 2.17 bits per heavy atom. The van der Waals surface area contributed by atoms with E-state index >= 15 is 0 Å². The number of nitrogens with zero attached hydrogens (tertiary/aromatic N) is 6. The van der Waals surface area contributed by atoms with Crippen LogP contribution in [0.15, 0.2) is 18.5 Å². The van der Waals surface area contributed by atoms with Crippen LogP contribution in [0.3, 0.4) is 0 Å².